The molecule has 0 N–H and O–H groups in total. The second kappa shape index (κ2) is 62.6. The van der Waals surface area contributed by atoms with Crippen molar-refractivity contribution in [3.63, 3.8) is 0 Å². The molecule has 0 saturated carbocycles. The first kappa shape index (κ1) is 71.0. The number of esters is 3. The van der Waals surface area contributed by atoms with E-state index in [0.717, 1.165) is 148 Å². The summed E-state index contributed by atoms with van der Waals surface area (Å²) in [5, 5.41) is 0. The molecule has 1 unspecified atom stereocenters. The number of hydrogen-bond donors (Lipinski definition) is 0. The number of carbonyl (C=O) groups is 3. The van der Waals surface area contributed by atoms with Crippen molar-refractivity contribution in [1.29, 1.82) is 0 Å². The minimum Gasteiger partial charge on any atom is -0.462 e. The number of hydrogen-bond acceptors (Lipinski definition) is 6. The fraction of sp³-hybridized carbons (Fsp3) is 0.586. The number of unbranched alkanes of at least 4 members (excludes halogenated alkanes) is 16. The average Bonchev–Trinajstić information content (AvgIpc) is 3.42. The van der Waals surface area contributed by atoms with Gasteiger partial charge in [0, 0.05) is 19.3 Å². The number of carbonyl (C=O) groups excluding carboxylic acids is 3. The SMILES string of the molecule is CC/C=C\C/C=C\C/C=C\C/C=C\C/C=C\C/C=C\C/C=C\CCCC(=O)OCC(COC(=O)CCCCCCC/C=C\CCCCC)OC(=O)CCCCCCCCC/C=C\C/C=C\C/C=C\C/C=C\C/C=C\CC. The van der Waals surface area contributed by atoms with Crippen molar-refractivity contribution in [3.05, 3.63) is 158 Å². The van der Waals surface area contributed by atoms with Crippen LogP contribution in [0.4, 0.5) is 0 Å². The predicted molar refractivity (Wildman–Crippen MR) is 329 cm³/mol. The average molecular weight is 1050 g/mol. The molecular formula is C70H110O6. The summed E-state index contributed by atoms with van der Waals surface area (Å²) in [6.07, 6.45) is 91.0. The molecule has 0 aromatic heterocycles. The molecule has 0 saturated heterocycles. The molecule has 6 nitrogen and oxygen atoms in total. The standard InChI is InChI=1S/C70H110O6/c1-4-7-10-13-16-19-22-25-27-29-31-33-35-37-39-41-43-45-48-51-54-57-60-63-69(72)75-66-67(65-74-68(71)62-59-56-53-50-47-24-21-18-15-12-9-6-3)76-70(73)64-61-58-55-52-49-46-44-42-40-38-36-34-32-30-28-26-23-20-17-14-11-8-5-2/h7-8,10-11,16-21,25-28,31-34,37-40,43,45,51,54,67H,4-6,9,12-15,22-24,29-30,35-36,41-42,44,46-50,52-53,55-66H2,1-3H3/b10-7-,11-8-,19-16-,20-17-,21-18-,27-25-,28-26-,33-31-,34-32-,39-37-,40-38-,45-43-,54-51-. The molecule has 0 aliphatic rings. The Balaban J connectivity index is 4.50. The molecule has 426 valence electrons. The van der Waals surface area contributed by atoms with E-state index in [9.17, 15) is 14.4 Å². The van der Waals surface area contributed by atoms with E-state index >= 15 is 0 Å². The van der Waals surface area contributed by atoms with Gasteiger partial charge >= 0.3 is 17.9 Å². The third-order valence-corrected chi connectivity index (χ3v) is 12.2. The summed E-state index contributed by atoms with van der Waals surface area (Å²) in [6, 6.07) is 0. The van der Waals surface area contributed by atoms with E-state index in [1.54, 1.807) is 0 Å². The lowest BCUT2D eigenvalue weighted by atomic mass is 10.1. The molecule has 76 heavy (non-hydrogen) atoms. The van der Waals surface area contributed by atoms with Crippen LogP contribution in [0, 0.1) is 0 Å². The van der Waals surface area contributed by atoms with Gasteiger partial charge in [-0.2, -0.15) is 0 Å². The lowest BCUT2D eigenvalue weighted by Crippen LogP contribution is -2.30. The Morgan fingerprint density at radius 2 is 0.526 bits per heavy atom. The second-order valence-corrected chi connectivity index (χ2v) is 19.5. The van der Waals surface area contributed by atoms with Crippen LogP contribution in [0.25, 0.3) is 0 Å². The van der Waals surface area contributed by atoms with Gasteiger partial charge in [0.1, 0.15) is 13.2 Å². The van der Waals surface area contributed by atoms with Gasteiger partial charge < -0.3 is 14.2 Å². The van der Waals surface area contributed by atoms with E-state index in [-0.39, 0.29) is 37.5 Å². The lowest BCUT2D eigenvalue weighted by Gasteiger charge is -2.18. The molecule has 0 aliphatic heterocycles. The predicted octanol–water partition coefficient (Wildman–Crippen LogP) is 20.9. The lowest BCUT2D eigenvalue weighted by molar-refractivity contribution is -0.167. The van der Waals surface area contributed by atoms with E-state index < -0.39 is 6.10 Å². The summed E-state index contributed by atoms with van der Waals surface area (Å²) in [4.78, 5) is 38.2. The van der Waals surface area contributed by atoms with Crippen LogP contribution in [0.15, 0.2) is 158 Å². The van der Waals surface area contributed by atoms with Crippen molar-refractivity contribution >= 4 is 17.9 Å². The van der Waals surface area contributed by atoms with Gasteiger partial charge in [-0.25, -0.2) is 0 Å². The number of allylic oxidation sites excluding steroid dienone is 26. The molecule has 0 heterocycles. The summed E-state index contributed by atoms with van der Waals surface area (Å²) in [5.74, 6) is -0.999. The molecule has 0 fully saturated rings. The normalized spacial score (nSPS) is 13.2. The summed E-state index contributed by atoms with van der Waals surface area (Å²) in [6.45, 7) is 6.31. The van der Waals surface area contributed by atoms with E-state index in [0.29, 0.717) is 19.3 Å². The zero-order chi connectivity index (χ0) is 55.0. The molecule has 0 radical (unpaired) electrons. The molecule has 0 aromatic rings. The summed E-state index contributed by atoms with van der Waals surface area (Å²) in [5.41, 5.74) is 0. The fourth-order valence-electron chi connectivity index (χ4n) is 7.75. The summed E-state index contributed by atoms with van der Waals surface area (Å²) in [7, 11) is 0. The van der Waals surface area contributed by atoms with Crippen molar-refractivity contribution in [1.82, 2.24) is 0 Å². The Kier molecular flexibility index (Phi) is 58.5. The molecule has 0 aliphatic carbocycles. The van der Waals surface area contributed by atoms with Crippen molar-refractivity contribution in [3.8, 4) is 0 Å². The molecular weight excluding hydrogens is 937 g/mol. The monoisotopic (exact) mass is 1050 g/mol. The molecule has 0 bridgehead atoms. The molecule has 6 heteroatoms. The van der Waals surface area contributed by atoms with E-state index in [2.05, 4.69) is 179 Å². The maximum Gasteiger partial charge on any atom is 0.306 e. The minimum absolute atomic E-state index is 0.112. The first-order valence-corrected chi connectivity index (χ1v) is 30.5. The Labute approximate surface area is 467 Å². The highest BCUT2D eigenvalue weighted by Gasteiger charge is 2.19. The molecule has 1 atom stereocenters. The molecule has 0 aromatic carbocycles. The smallest absolute Gasteiger partial charge is 0.306 e. The summed E-state index contributed by atoms with van der Waals surface area (Å²) < 4.78 is 16.8. The van der Waals surface area contributed by atoms with E-state index in [1.165, 1.54) is 51.4 Å². The first-order chi connectivity index (χ1) is 37.5. The van der Waals surface area contributed by atoms with Crippen LogP contribution in [0.2, 0.25) is 0 Å². The Hall–Kier alpha value is -4.97. The molecule has 0 amide bonds. The third-order valence-electron chi connectivity index (χ3n) is 12.2. The van der Waals surface area contributed by atoms with Gasteiger partial charge in [0.2, 0.25) is 0 Å². The second-order valence-electron chi connectivity index (χ2n) is 19.5. The first-order valence-electron chi connectivity index (χ1n) is 30.5. The van der Waals surface area contributed by atoms with E-state index in [1.807, 2.05) is 0 Å². The van der Waals surface area contributed by atoms with Crippen molar-refractivity contribution in [2.75, 3.05) is 13.2 Å². The van der Waals surface area contributed by atoms with Gasteiger partial charge in [0.15, 0.2) is 6.10 Å². The highest BCUT2D eigenvalue weighted by molar-refractivity contribution is 5.71. The zero-order valence-electron chi connectivity index (χ0n) is 48.7. The van der Waals surface area contributed by atoms with Gasteiger partial charge in [-0.05, 0) is 141 Å². The van der Waals surface area contributed by atoms with Gasteiger partial charge in [0.25, 0.3) is 0 Å². The Morgan fingerprint density at radius 1 is 0.276 bits per heavy atom. The van der Waals surface area contributed by atoms with Gasteiger partial charge in [-0.1, -0.05) is 243 Å². The number of ether oxygens (including phenoxy) is 3. The highest BCUT2D eigenvalue weighted by atomic mass is 16.6. The van der Waals surface area contributed by atoms with Crippen LogP contribution in [0.3, 0.4) is 0 Å². The highest BCUT2D eigenvalue weighted by Crippen LogP contribution is 2.13. The van der Waals surface area contributed by atoms with Crippen LogP contribution in [-0.4, -0.2) is 37.2 Å². The van der Waals surface area contributed by atoms with Crippen molar-refractivity contribution in [2.24, 2.45) is 0 Å². The number of rotatable bonds is 53. The van der Waals surface area contributed by atoms with Crippen LogP contribution < -0.4 is 0 Å². The van der Waals surface area contributed by atoms with Crippen LogP contribution in [0.1, 0.15) is 245 Å². The Morgan fingerprint density at radius 3 is 0.868 bits per heavy atom. The topological polar surface area (TPSA) is 78.9 Å². The van der Waals surface area contributed by atoms with Gasteiger partial charge in [-0.15, -0.1) is 0 Å². The quantitative estimate of drug-likeness (QED) is 0.0261. The maximum absolute atomic E-state index is 12.9. The van der Waals surface area contributed by atoms with Gasteiger partial charge in [-0.3, -0.25) is 14.4 Å². The van der Waals surface area contributed by atoms with Crippen molar-refractivity contribution < 1.29 is 28.6 Å². The van der Waals surface area contributed by atoms with Crippen LogP contribution in [0.5, 0.6) is 0 Å². The third kappa shape index (κ3) is 59.9. The molecule has 0 spiro atoms. The Bertz CT molecular complexity index is 1720. The van der Waals surface area contributed by atoms with Crippen molar-refractivity contribution in [2.45, 2.75) is 252 Å². The maximum atomic E-state index is 12.9. The summed E-state index contributed by atoms with van der Waals surface area (Å²) >= 11 is 0. The van der Waals surface area contributed by atoms with E-state index in [4.69, 9.17) is 14.2 Å². The van der Waals surface area contributed by atoms with Crippen LogP contribution in [-0.2, 0) is 28.6 Å². The van der Waals surface area contributed by atoms with Gasteiger partial charge in [0.05, 0.1) is 0 Å². The minimum atomic E-state index is -0.820. The van der Waals surface area contributed by atoms with Crippen LogP contribution >= 0.6 is 0 Å². The largest absolute Gasteiger partial charge is 0.462 e. The zero-order valence-corrected chi connectivity index (χ0v) is 48.7. The molecule has 0 rings (SSSR count). The fourth-order valence-corrected chi connectivity index (χ4v) is 7.75.